The first kappa shape index (κ1) is 28.6. The van der Waals surface area contributed by atoms with Crippen LogP contribution >= 0.6 is 0 Å². The standard InChI is InChI=1S/C31H42N2O4/c1-5-35-30(36-6-2)21-33(19-18-26-12-9-11-25-10-7-8-13-28(25)26)31(34)29(32)20-24-14-16-27(17-15-24)37-22-23(3)4/h7-17,23,29-30H,5-6,18-22,32H2,1-4H3/t29-/m0/s1. The molecule has 0 saturated heterocycles. The Balaban J connectivity index is 1.71. The molecule has 0 unspecified atom stereocenters. The first-order valence-corrected chi connectivity index (χ1v) is 13.4. The van der Waals surface area contributed by atoms with Gasteiger partial charge in [-0.05, 0) is 66.6 Å². The van der Waals surface area contributed by atoms with Crippen LogP contribution in [-0.4, -0.2) is 56.0 Å². The van der Waals surface area contributed by atoms with E-state index < -0.39 is 12.3 Å². The summed E-state index contributed by atoms with van der Waals surface area (Å²) in [5, 5.41) is 2.39. The summed E-state index contributed by atoms with van der Waals surface area (Å²) in [6.07, 6.45) is 0.672. The van der Waals surface area contributed by atoms with Crippen molar-refractivity contribution >= 4 is 16.7 Å². The number of benzene rings is 3. The lowest BCUT2D eigenvalue weighted by Gasteiger charge is -2.30. The second-order valence-corrected chi connectivity index (χ2v) is 9.67. The molecule has 0 aliphatic heterocycles. The molecule has 1 amide bonds. The first-order valence-electron chi connectivity index (χ1n) is 13.4. The SMILES string of the molecule is CCOC(CN(CCc1cccc2ccccc12)C(=O)[C@@H](N)Cc1ccc(OCC(C)C)cc1)OCC. The molecular formula is C31H42N2O4. The maximum absolute atomic E-state index is 13.6. The van der Waals surface area contributed by atoms with Crippen molar-refractivity contribution in [2.45, 2.75) is 52.9 Å². The minimum Gasteiger partial charge on any atom is -0.493 e. The quantitative estimate of drug-likeness (QED) is 0.286. The van der Waals surface area contributed by atoms with Crippen LogP contribution < -0.4 is 10.5 Å². The van der Waals surface area contributed by atoms with Gasteiger partial charge in [-0.2, -0.15) is 0 Å². The van der Waals surface area contributed by atoms with E-state index in [4.69, 9.17) is 19.9 Å². The molecule has 0 radical (unpaired) electrons. The zero-order valence-corrected chi connectivity index (χ0v) is 22.7. The fraction of sp³-hybridized carbons (Fsp3) is 0.452. The van der Waals surface area contributed by atoms with Crippen molar-refractivity contribution in [2.24, 2.45) is 11.7 Å². The molecule has 0 spiro atoms. The van der Waals surface area contributed by atoms with Crippen LogP contribution in [0, 0.1) is 5.92 Å². The number of carbonyl (C=O) groups excluding carboxylic acids is 1. The van der Waals surface area contributed by atoms with Crippen molar-refractivity contribution in [1.29, 1.82) is 0 Å². The minimum atomic E-state index is -0.668. The number of ether oxygens (including phenoxy) is 3. The second kappa shape index (κ2) is 14.7. The van der Waals surface area contributed by atoms with Crippen LogP contribution in [0.4, 0.5) is 0 Å². The average molecular weight is 507 g/mol. The van der Waals surface area contributed by atoms with Gasteiger partial charge in [0.25, 0.3) is 0 Å². The molecule has 0 fully saturated rings. The van der Waals surface area contributed by atoms with Crippen molar-refractivity contribution in [3.63, 3.8) is 0 Å². The summed E-state index contributed by atoms with van der Waals surface area (Å²) in [7, 11) is 0. The molecule has 1 atom stereocenters. The lowest BCUT2D eigenvalue weighted by atomic mass is 10.0. The normalized spacial score (nSPS) is 12.3. The third kappa shape index (κ3) is 8.85. The molecule has 6 nitrogen and oxygen atoms in total. The highest BCUT2D eigenvalue weighted by Gasteiger charge is 2.25. The summed E-state index contributed by atoms with van der Waals surface area (Å²) in [4.78, 5) is 15.4. The molecule has 2 N–H and O–H groups in total. The van der Waals surface area contributed by atoms with Gasteiger partial charge in [-0.25, -0.2) is 0 Å². The van der Waals surface area contributed by atoms with Crippen molar-refractivity contribution < 1.29 is 19.0 Å². The molecule has 3 aromatic rings. The van der Waals surface area contributed by atoms with Crippen LogP contribution in [-0.2, 0) is 27.1 Å². The zero-order chi connectivity index (χ0) is 26.6. The minimum absolute atomic E-state index is 0.107. The summed E-state index contributed by atoms with van der Waals surface area (Å²) in [5.41, 5.74) is 8.66. The number of hydrogen-bond donors (Lipinski definition) is 1. The molecule has 0 aliphatic rings. The van der Waals surface area contributed by atoms with E-state index in [0.29, 0.717) is 51.7 Å². The third-order valence-electron chi connectivity index (χ3n) is 6.20. The zero-order valence-electron chi connectivity index (χ0n) is 22.7. The second-order valence-electron chi connectivity index (χ2n) is 9.67. The molecule has 200 valence electrons. The molecule has 0 heterocycles. The Labute approximate surface area is 221 Å². The summed E-state index contributed by atoms with van der Waals surface area (Å²) in [6.45, 7) is 10.6. The van der Waals surface area contributed by atoms with Gasteiger partial charge in [0.2, 0.25) is 5.91 Å². The van der Waals surface area contributed by atoms with Gasteiger partial charge in [-0.1, -0.05) is 68.4 Å². The molecule has 3 rings (SSSR count). The van der Waals surface area contributed by atoms with E-state index in [-0.39, 0.29) is 5.91 Å². The van der Waals surface area contributed by atoms with Gasteiger partial charge >= 0.3 is 0 Å². The summed E-state index contributed by atoms with van der Waals surface area (Å²) in [5.74, 6) is 1.18. The van der Waals surface area contributed by atoms with E-state index in [1.807, 2.05) is 50.2 Å². The Kier molecular flexibility index (Phi) is 11.4. The van der Waals surface area contributed by atoms with Crippen LogP contribution in [0.1, 0.15) is 38.8 Å². The van der Waals surface area contributed by atoms with E-state index in [1.165, 1.54) is 16.3 Å². The fourth-order valence-electron chi connectivity index (χ4n) is 4.32. The Hall–Kier alpha value is -2.93. The fourth-order valence-corrected chi connectivity index (χ4v) is 4.32. The third-order valence-corrected chi connectivity index (χ3v) is 6.20. The topological polar surface area (TPSA) is 74.0 Å². The highest BCUT2D eigenvalue weighted by molar-refractivity contribution is 5.86. The van der Waals surface area contributed by atoms with Gasteiger partial charge in [-0.15, -0.1) is 0 Å². The lowest BCUT2D eigenvalue weighted by Crippen LogP contribution is -2.49. The Morgan fingerprint density at radius 1 is 0.919 bits per heavy atom. The van der Waals surface area contributed by atoms with Crippen molar-refractivity contribution in [3.8, 4) is 5.75 Å². The Morgan fingerprint density at radius 3 is 2.27 bits per heavy atom. The number of amides is 1. The van der Waals surface area contributed by atoms with E-state index in [1.54, 1.807) is 4.90 Å². The van der Waals surface area contributed by atoms with E-state index in [0.717, 1.165) is 11.3 Å². The number of hydrogen-bond acceptors (Lipinski definition) is 5. The van der Waals surface area contributed by atoms with Crippen molar-refractivity contribution in [3.05, 3.63) is 77.9 Å². The summed E-state index contributed by atoms with van der Waals surface area (Å²) in [6, 6.07) is 21.8. The van der Waals surface area contributed by atoms with E-state index in [2.05, 4.69) is 44.2 Å². The van der Waals surface area contributed by atoms with Crippen molar-refractivity contribution in [2.75, 3.05) is 32.9 Å². The lowest BCUT2D eigenvalue weighted by molar-refractivity contribution is -0.159. The molecule has 3 aromatic carbocycles. The predicted molar refractivity (Wildman–Crippen MR) is 150 cm³/mol. The number of nitrogens with zero attached hydrogens (tertiary/aromatic N) is 1. The highest BCUT2D eigenvalue weighted by atomic mass is 16.7. The molecular weight excluding hydrogens is 464 g/mol. The predicted octanol–water partition coefficient (Wildman–Crippen LogP) is 5.21. The number of rotatable bonds is 15. The molecule has 0 aliphatic carbocycles. The largest absolute Gasteiger partial charge is 0.493 e. The molecule has 0 aromatic heterocycles. The Morgan fingerprint density at radius 2 is 1.59 bits per heavy atom. The van der Waals surface area contributed by atoms with Crippen LogP contribution in [0.5, 0.6) is 5.75 Å². The van der Waals surface area contributed by atoms with Crippen LogP contribution in [0.25, 0.3) is 10.8 Å². The Bertz CT molecular complexity index is 1090. The van der Waals surface area contributed by atoms with Gasteiger partial charge in [0.15, 0.2) is 6.29 Å². The molecule has 0 saturated carbocycles. The van der Waals surface area contributed by atoms with Crippen molar-refractivity contribution in [1.82, 2.24) is 4.90 Å². The van der Waals surface area contributed by atoms with Gasteiger partial charge in [0.05, 0.1) is 19.2 Å². The monoisotopic (exact) mass is 506 g/mol. The maximum atomic E-state index is 13.6. The van der Waals surface area contributed by atoms with E-state index in [9.17, 15) is 4.79 Å². The summed E-state index contributed by atoms with van der Waals surface area (Å²) < 4.78 is 17.3. The van der Waals surface area contributed by atoms with Gasteiger partial charge < -0.3 is 24.8 Å². The molecule has 6 heteroatoms. The maximum Gasteiger partial charge on any atom is 0.240 e. The average Bonchev–Trinajstić information content (AvgIpc) is 2.90. The summed E-state index contributed by atoms with van der Waals surface area (Å²) >= 11 is 0. The van der Waals surface area contributed by atoms with Crippen LogP contribution in [0.15, 0.2) is 66.7 Å². The number of fused-ring (bicyclic) bond motifs is 1. The number of carbonyl (C=O) groups is 1. The van der Waals surface area contributed by atoms with Gasteiger partial charge in [0, 0.05) is 19.8 Å². The van der Waals surface area contributed by atoms with Crippen LogP contribution in [0.3, 0.4) is 0 Å². The smallest absolute Gasteiger partial charge is 0.240 e. The van der Waals surface area contributed by atoms with Crippen LogP contribution in [0.2, 0.25) is 0 Å². The highest BCUT2D eigenvalue weighted by Crippen LogP contribution is 2.20. The molecule has 0 bridgehead atoms. The first-order chi connectivity index (χ1) is 17.9. The number of nitrogens with two attached hydrogens (primary N) is 1. The van der Waals surface area contributed by atoms with Gasteiger partial charge in [-0.3, -0.25) is 4.79 Å². The van der Waals surface area contributed by atoms with Gasteiger partial charge in [0.1, 0.15) is 5.75 Å². The van der Waals surface area contributed by atoms with E-state index >= 15 is 0 Å². The molecule has 37 heavy (non-hydrogen) atoms.